The number of sulfonamides is 1. The molecule has 1 rings (SSSR count). The van der Waals surface area contributed by atoms with E-state index in [0.717, 1.165) is 25.1 Å². The van der Waals surface area contributed by atoms with E-state index in [1.165, 1.54) is 4.31 Å². The van der Waals surface area contributed by atoms with Gasteiger partial charge in [-0.15, -0.1) is 0 Å². The second kappa shape index (κ2) is 7.62. The molecule has 0 aliphatic carbocycles. The molecule has 1 aromatic rings. The smallest absolute Gasteiger partial charge is 0.214 e. The molecular weight excluding hydrogens is 264 g/mol. The predicted octanol–water partition coefficient (Wildman–Crippen LogP) is 0.571. The van der Waals surface area contributed by atoms with Gasteiger partial charge in [0, 0.05) is 32.4 Å². The maximum absolute atomic E-state index is 12.0. The minimum Gasteiger partial charge on any atom is -0.317 e. The van der Waals surface area contributed by atoms with Crippen molar-refractivity contribution in [2.24, 2.45) is 7.05 Å². The zero-order chi connectivity index (χ0) is 14.3. The van der Waals surface area contributed by atoms with Gasteiger partial charge in [0.25, 0.3) is 0 Å². The summed E-state index contributed by atoms with van der Waals surface area (Å²) in [5.74, 6) is 0.181. The number of hydrogen-bond donors (Lipinski definition) is 1. The molecule has 0 radical (unpaired) electrons. The molecule has 0 fully saturated rings. The lowest BCUT2D eigenvalue weighted by molar-refractivity contribution is 0.464. The van der Waals surface area contributed by atoms with Crippen LogP contribution in [0.1, 0.15) is 25.3 Å². The minimum absolute atomic E-state index is 0.181. The largest absolute Gasteiger partial charge is 0.317 e. The zero-order valence-electron chi connectivity index (χ0n) is 12.0. The van der Waals surface area contributed by atoms with Gasteiger partial charge in [0.15, 0.2) is 0 Å². The number of nitrogens with one attached hydrogen (secondary N) is 1. The van der Waals surface area contributed by atoms with Crippen molar-refractivity contribution in [1.82, 2.24) is 19.4 Å². The zero-order valence-corrected chi connectivity index (χ0v) is 12.8. The minimum atomic E-state index is -3.18. The van der Waals surface area contributed by atoms with Crippen molar-refractivity contribution < 1.29 is 8.42 Å². The molecule has 7 heteroatoms. The number of aromatic nitrogens is 2. The van der Waals surface area contributed by atoms with Gasteiger partial charge in [0.2, 0.25) is 10.0 Å². The summed E-state index contributed by atoms with van der Waals surface area (Å²) in [7, 11) is 0.250. The number of rotatable bonds is 9. The van der Waals surface area contributed by atoms with Crippen LogP contribution in [-0.2, 0) is 23.6 Å². The van der Waals surface area contributed by atoms with Gasteiger partial charge in [0.05, 0.1) is 11.9 Å². The van der Waals surface area contributed by atoms with E-state index in [-0.39, 0.29) is 5.75 Å². The molecule has 0 unspecified atom stereocenters. The van der Waals surface area contributed by atoms with Crippen LogP contribution in [-0.4, -0.2) is 48.4 Å². The topological polar surface area (TPSA) is 67.2 Å². The van der Waals surface area contributed by atoms with Crippen molar-refractivity contribution in [1.29, 1.82) is 0 Å². The molecule has 0 amide bonds. The van der Waals surface area contributed by atoms with Crippen LogP contribution in [0.5, 0.6) is 0 Å². The molecule has 0 atom stereocenters. The number of nitrogens with zero attached hydrogens (tertiary/aromatic N) is 3. The lowest BCUT2D eigenvalue weighted by Gasteiger charge is -2.16. The highest BCUT2D eigenvalue weighted by molar-refractivity contribution is 7.89. The monoisotopic (exact) mass is 288 g/mol. The highest BCUT2D eigenvalue weighted by atomic mass is 32.2. The summed E-state index contributed by atoms with van der Waals surface area (Å²) in [6, 6.07) is 0. The van der Waals surface area contributed by atoms with Crippen molar-refractivity contribution >= 4 is 10.0 Å². The summed E-state index contributed by atoms with van der Waals surface area (Å²) in [6.07, 6.45) is 5.22. The van der Waals surface area contributed by atoms with Gasteiger partial charge in [0.1, 0.15) is 0 Å². The summed E-state index contributed by atoms with van der Waals surface area (Å²) in [6.45, 7) is 4.14. The Morgan fingerprint density at radius 2 is 2.16 bits per heavy atom. The van der Waals surface area contributed by atoms with Gasteiger partial charge in [-0.3, -0.25) is 4.68 Å². The third kappa shape index (κ3) is 5.71. The van der Waals surface area contributed by atoms with Gasteiger partial charge in [-0.25, -0.2) is 12.7 Å². The van der Waals surface area contributed by atoms with Crippen LogP contribution >= 0.6 is 0 Å². The van der Waals surface area contributed by atoms with Crippen molar-refractivity contribution in [3.8, 4) is 0 Å². The van der Waals surface area contributed by atoms with E-state index in [4.69, 9.17) is 0 Å². The molecule has 0 bridgehead atoms. The van der Waals surface area contributed by atoms with Crippen molar-refractivity contribution in [3.05, 3.63) is 18.0 Å². The first-order valence-electron chi connectivity index (χ1n) is 6.58. The van der Waals surface area contributed by atoms with Crippen molar-refractivity contribution in [3.63, 3.8) is 0 Å². The maximum atomic E-state index is 12.0. The van der Waals surface area contributed by atoms with E-state index >= 15 is 0 Å². The summed E-state index contributed by atoms with van der Waals surface area (Å²) < 4.78 is 27.2. The number of aryl methyl sites for hydroxylation is 1. The van der Waals surface area contributed by atoms with Crippen LogP contribution < -0.4 is 5.32 Å². The third-order valence-electron chi connectivity index (χ3n) is 2.82. The summed E-state index contributed by atoms with van der Waals surface area (Å²) in [4.78, 5) is 0. The van der Waals surface area contributed by atoms with E-state index < -0.39 is 10.0 Å². The molecular formula is C12H24N4O2S. The summed E-state index contributed by atoms with van der Waals surface area (Å²) in [5.41, 5.74) is 0.901. The highest BCUT2D eigenvalue weighted by Gasteiger charge is 2.17. The average Bonchev–Trinajstić information content (AvgIpc) is 2.74. The fourth-order valence-corrected chi connectivity index (χ4v) is 2.91. The first-order chi connectivity index (χ1) is 8.95. The molecule has 0 saturated heterocycles. The van der Waals surface area contributed by atoms with E-state index in [1.54, 1.807) is 17.9 Å². The fourth-order valence-electron chi connectivity index (χ4n) is 1.75. The summed E-state index contributed by atoms with van der Waals surface area (Å²) >= 11 is 0. The molecule has 1 heterocycles. The highest BCUT2D eigenvalue weighted by Crippen LogP contribution is 2.07. The van der Waals surface area contributed by atoms with Gasteiger partial charge in [-0.2, -0.15) is 5.10 Å². The quantitative estimate of drug-likeness (QED) is 0.675. The van der Waals surface area contributed by atoms with Crippen LogP contribution in [0.25, 0.3) is 0 Å². The lowest BCUT2D eigenvalue weighted by atomic mass is 10.4. The molecule has 6 nitrogen and oxygen atoms in total. The SMILES string of the molecule is CCCNCCCS(=O)(=O)N(C)Cc1cnn(C)c1. The molecule has 0 aromatic carbocycles. The van der Waals surface area contributed by atoms with Crippen LogP contribution in [0, 0.1) is 0 Å². The van der Waals surface area contributed by atoms with Crippen LogP contribution in [0.15, 0.2) is 12.4 Å². The second-order valence-corrected chi connectivity index (χ2v) is 6.89. The molecule has 0 aliphatic heterocycles. The van der Waals surface area contributed by atoms with Crippen molar-refractivity contribution in [2.75, 3.05) is 25.9 Å². The van der Waals surface area contributed by atoms with Crippen LogP contribution in [0.2, 0.25) is 0 Å². The average molecular weight is 288 g/mol. The van der Waals surface area contributed by atoms with Crippen LogP contribution in [0.3, 0.4) is 0 Å². The van der Waals surface area contributed by atoms with Gasteiger partial charge >= 0.3 is 0 Å². The Labute approximate surface area is 115 Å². The standard InChI is InChI=1S/C12H24N4O2S/c1-4-6-13-7-5-8-19(17,18)16(3)11-12-9-14-15(2)10-12/h9-10,13H,4-8,11H2,1-3H3. The molecule has 1 aromatic heterocycles. The molecule has 0 saturated carbocycles. The van der Waals surface area contributed by atoms with E-state index in [9.17, 15) is 8.42 Å². The third-order valence-corrected chi connectivity index (χ3v) is 4.70. The first kappa shape index (κ1) is 16.1. The maximum Gasteiger partial charge on any atom is 0.214 e. The van der Waals surface area contributed by atoms with Crippen LogP contribution in [0.4, 0.5) is 0 Å². The Balaban J connectivity index is 2.39. The van der Waals surface area contributed by atoms with E-state index in [2.05, 4.69) is 17.3 Å². The Morgan fingerprint density at radius 1 is 1.42 bits per heavy atom. The summed E-state index contributed by atoms with van der Waals surface area (Å²) in [5, 5.41) is 7.24. The molecule has 0 spiro atoms. The molecule has 110 valence electrons. The van der Waals surface area contributed by atoms with Gasteiger partial charge in [-0.05, 0) is 25.9 Å². The number of hydrogen-bond acceptors (Lipinski definition) is 4. The first-order valence-corrected chi connectivity index (χ1v) is 8.19. The Morgan fingerprint density at radius 3 is 2.74 bits per heavy atom. The second-order valence-electron chi connectivity index (χ2n) is 4.70. The Hall–Kier alpha value is -0.920. The lowest BCUT2D eigenvalue weighted by Crippen LogP contribution is -2.30. The van der Waals surface area contributed by atoms with E-state index in [1.807, 2.05) is 13.2 Å². The Bertz CT molecular complexity index is 470. The normalized spacial score (nSPS) is 12.2. The molecule has 1 N–H and O–H groups in total. The predicted molar refractivity (Wildman–Crippen MR) is 76.2 cm³/mol. The van der Waals surface area contributed by atoms with Gasteiger partial charge < -0.3 is 5.32 Å². The Kier molecular flexibility index (Phi) is 6.47. The van der Waals surface area contributed by atoms with E-state index in [0.29, 0.717) is 13.0 Å². The molecule has 0 aliphatic rings. The molecule has 19 heavy (non-hydrogen) atoms. The fraction of sp³-hybridized carbons (Fsp3) is 0.750. The van der Waals surface area contributed by atoms with Gasteiger partial charge in [-0.1, -0.05) is 6.92 Å². The van der Waals surface area contributed by atoms with Crippen molar-refractivity contribution in [2.45, 2.75) is 26.3 Å².